The summed E-state index contributed by atoms with van der Waals surface area (Å²) < 4.78 is 16.4. The summed E-state index contributed by atoms with van der Waals surface area (Å²) in [5.74, 6) is -0.228. The van der Waals surface area contributed by atoms with Crippen LogP contribution in [0.4, 0.5) is 10.1 Å². The summed E-state index contributed by atoms with van der Waals surface area (Å²) in [6, 6.07) is 17.0. The summed E-state index contributed by atoms with van der Waals surface area (Å²) in [6.45, 7) is 6.77. The van der Waals surface area contributed by atoms with Gasteiger partial charge in [-0.3, -0.25) is 9.97 Å². The Morgan fingerprint density at radius 3 is 2.59 bits per heavy atom. The lowest BCUT2D eigenvalue weighted by atomic mass is 9.96. The number of aromatic nitrogens is 3. The van der Waals surface area contributed by atoms with E-state index < -0.39 is 0 Å². The summed E-state index contributed by atoms with van der Waals surface area (Å²) in [5.41, 5.74) is 6.97. The zero-order valence-corrected chi connectivity index (χ0v) is 20.2. The van der Waals surface area contributed by atoms with E-state index in [0.29, 0.717) is 10.7 Å². The molecular formula is C27H26FN5S. The van der Waals surface area contributed by atoms with Gasteiger partial charge in [0.15, 0.2) is 5.11 Å². The molecule has 0 aliphatic carbocycles. The van der Waals surface area contributed by atoms with Crippen LogP contribution in [-0.2, 0) is 6.54 Å². The van der Waals surface area contributed by atoms with Gasteiger partial charge in [0.2, 0.25) is 0 Å². The third-order valence-electron chi connectivity index (χ3n) is 6.51. The molecule has 0 bridgehead atoms. The van der Waals surface area contributed by atoms with Crippen LogP contribution in [0.15, 0.2) is 73.2 Å². The van der Waals surface area contributed by atoms with Crippen LogP contribution in [0.25, 0.3) is 0 Å². The van der Waals surface area contributed by atoms with Crippen LogP contribution in [0, 0.1) is 26.6 Å². The minimum Gasteiger partial charge on any atom is -0.351 e. The lowest BCUT2D eigenvalue weighted by Gasteiger charge is -2.28. The van der Waals surface area contributed by atoms with E-state index in [2.05, 4.69) is 50.7 Å². The molecule has 5 nitrogen and oxygen atoms in total. The molecule has 1 aliphatic rings. The number of anilines is 1. The fraction of sp³-hybridized carbons (Fsp3) is 0.222. The molecule has 5 rings (SSSR count). The highest BCUT2D eigenvalue weighted by Gasteiger charge is 2.42. The summed E-state index contributed by atoms with van der Waals surface area (Å²) in [4.78, 5) is 11.0. The number of nitrogens with one attached hydrogen (secondary N) is 1. The first-order chi connectivity index (χ1) is 16.4. The maximum absolute atomic E-state index is 14.1. The number of thiocarbonyl (C=S) groups is 1. The first kappa shape index (κ1) is 22.2. The Morgan fingerprint density at radius 2 is 1.88 bits per heavy atom. The molecule has 0 amide bonds. The van der Waals surface area contributed by atoms with Crippen molar-refractivity contribution in [1.29, 1.82) is 0 Å². The van der Waals surface area contributed by atoms with E-state index in [1.54, 1.807) is 25.4 Å². The highest BCUT2D eigenvalue weighted by atomic mass is 32.1. The Kier molecular flexibility index (Phi) is 5.87. The molecule has 1 fully saturated rings. The number of pyridine rings is 2. The number of hydrogen-bond acceptors (Lipinski definition) is 3. The van der Waals surface area contributed by atoms with Gasteiger partial charge in [-0.25, -0.2) is 4.39 Å². The zero-order valence-electron chi connectivity index (χ0n) is 19.4. The van der Waals surface area contributed by atoms with Crippen molar-refractivity contribution in [3.63, 3.8) is 0 Å². The first-order valence-corrected chi connectivity index (χ1v) is 11.7. The topological polar surface area (TPSA) is 46.0 Å². The standard InChI is InChI=1S/C27H26FN5S/c1-17-13-21(9-10-23(17)28)33-26(25(31-27(33)34)24-8-4-5-12-30-24)22-14-18(2)32(19(22)3)16-20-7-6-11-29-15-20/h4-15,25-26H,16H2,1-3H3,(H,31,34). The Labute approximate surface area is 204 Å². The number of hydrogen-bond donors (Lipinski definition) is 1. The van der Waals surface area contributed by atoms with Crippen LogP contribution in [0.1, 0.15) is 45.9 Å². The Bertz CT molecular complexity index is 1340. The molecular weight excluding hydrogens is 445 g/mol. The molecule has 1 saturated heterocycles. The molecule has 4 heterocycles. The van der Waals surface area contributed by atoms with Gasteiger partial charge in [0.25, 0.3) is 0 Å². The van der Waals surface area contributed by atoms with Gasteiger partial charge in [-0.05, 0) is 92.1 Å². The molecule has 0 radical (unpaired) electrons. The molecule has 0 saturated carbocycles. The molecule has 2 unspecified atom stereocenters. The van der Waals surface area contributed by atoms with E-state index in [4.69, 9.17) is 12.2 Å². The average Bonchev–Trinajstić information content (AvgIpc) is 3.33. The second-order valence-electron chi connectivity index (χ2n) is 8.70. The number of rotatable bonds is 5. The average molecular weight is 472 g/mol. The van der Waals surface area contributed by atoms with Gasteiger partial charge in [-0.2, -0.15) is 0 Å². The summed E-state index contributed by atoms with van der Waals surface area (Å²) in [7, 11) is 0. The predicted octanol–water partition coefficient (Wildman–Crippen LogP) is 5.57. The number of aryl methyl sites for hydroxylation is 2. The van der Waals surface area contributed by atoms with Crippen LogP contribution in [-0.4, -0.2) is 19.6 Å². The molecule has 1 aliphatic heterocycles. The van der Waals surface area contributed by atoms with Gasteiger partial charge in [0.1, 0.15) is 5.82 Å². The van der Waals surface area contributed by atoms with Gasteiger partial charge >= 0.3 is 0 Å². The van der Waals surface area contributed by atoms with E-state index in [1.807, 2.05) is 36.5 Å². The smallest absolute Gasteiger partial charge is 0.174 e. The molecule has 4 aromatic rings. The highest BCUT2D eigenvalue weighted by molar-refractivity contribution is 7.80. The SMILES string of the molecule is Cc1cc(N2C(=S)NC(c3ccccn3)C2c2cc(C)n(Cc3cccnc3)c2C)ccc1F. The number of benzene rings is 1. The maximum atomic E-state index is 14.1. The Morgan fingerprint density at radius 1 is 1.03 bits per heavy atom. The number of halogens is 1. The van der Waals surface area contributed by atoms with Crippen molar-refractivity contribution in [3.8, 4) is 0 Å². The quantitative estimate of drug-likeness (QED) is 0.386. The van der Waals surface area contributed by atoms with Crippen molar-refractivity contribution in [2.24, 2.45) is 0 Å². The fourth-order valence-electron chi connectivity index (χ4n) is 4.77. The minimum atomic E-state index is -0.228. The van der Waals surface area contributed by atoms with E-state index in [1.165, 1.54) is 6.07 Å². The molecule has 0 spiro atoms. The van der Waals surface area contributed by atoms with Crippen LogP contribution >= 0.6 is 12.2 Å². The van der Waals surface area contributed by atoms with Crippen LogP contribution < -0.4 is 10.2 Å². The second-order valence-corrected chi connectivity index (χ2v) is 9.09. The normalized spacial score (nSPS) is 17.8. The lowest BCUT2D eigenvalue weighted by molar-refractivity contribution is 0.563. The van der Waals surface area contributed by atoms with Crippen molar-refractivity contribution in [3.05, 3.63) is 113 Å². The third kappa shape index (κ3) is 3.96. The summed E-state index contributed by atoms with van der Waals surface area (Å²) in [6.07, 6.45) is 5.48. The maximum Gasteiger partial charge on any atom is 0.174 e. The first-order valence-electron chi connectivity index (χ1n) is 11.3. The van der Waals surface area contributed by atoms with Gasteiger partial charge in [0.05, 0.1) is 17.8 Å². The molecule has 1 N–H and O–H groups in total. The molecule has 172 valence electrons. The summed E-state index contributed by atoms with van der Waals surface area (Å²) >= 11 is 5.82. The van der Waals surface area contributed by atoms with Crippen molar-refractivity contribution in [1.82, 2.24) is 19.9 Å². The van der Waals surface area contributed by atoms with E-state index >= 15 is 0 Å². The van der Waals surface area contributed by atoms with Crippen molar-refractivity contribution < 1.29 is 4.39 Å². The van der Waals surface area contributed by atoms with Gasteiger partial charge in [-0.1, -0.05) is 12.1 Å². The number of nitrogens with zero attached hydrogens (tertiary/aromatic N) is 4. The molecule has 3 aromatic heterocycles. The highest BCUT2D eigenvalue weighted by Crippen LogP contribution is 2.43. The predicted molar refractivity (Wildman–Crippen MR) is 136 cm³/mol. The zero-order chi connectivity index (χ0) is 23.8. The second kappa shape index (κ2) is 8.99. The third-order valence-corrected chi connectivity index (χ3v) is 6.83. The van der Waals surface area contributed by atoms with Crippen molar-refractivity contribution in [2.45, 2.75) is 39.4 Å². The fourth-order valence-corrected chi connectivity index (χ4v) is 5.12. The van der Waals surface area contributed by atoms with Gasteiger partial charge < -0.3 is 14.8 Å². The summed E-state index contributed by atoms with van der Waals surface area (Å²) in [5, 5.41) is 4.09. The van der Waals surface area contributed by atoms with Gasteiger partial charge in [0, 0.05) is 42.2 Å². The van der Waals surface area contributed by atoms with Gasteiger partial charge in [-0.15, -0.1) is 0 Å². The van der Waals surface area contributed by atoms with Crippen LogP contribution in [0.5, 0.6) is 0 Å². The molecule has 1 aromatic carbocycles. The molecule has 34 heavy (non-hydrogen) atoms. The largest absolute Gasteiger partial charge is 0.351 e. The Hall–Kier alpha value is -3.58. The monoisotopic (exact) mass is 471 g/mol. The van der Waals surface area contributed by atoms with Crippen molar-refractivity contribution >= 4 is 23.0 Å². The van der Waals surface area contributed by atoms with Crippen LogP contribution in [0.3, 0.4) is 0 Å². The lowest BCUT2D eigenvalue weighted by Crippen LogP contribution is -2.29. The van der Waals surface area contributed by atoms with Crippen molar-refractivity contribution in [2.75, 3.05) is 4.90 Å². The molecule has 2 atom stereocenters. The van der Waals surface area contributed by atoms with E-state index in [9.17, 15) is 4.39 Å². The van der Waals surface area contributed by atoms with E-state index in [0.717, 1.165) is 40.4 Å². The Balaban J connectivity index is 1.63. The van der Waals surface area contributed by atoms with Crippen LogP contribution in [0.2, 0.25) is 0 Å². The van der Waals surface area contributed by atoms with E-state index in [-0.39, 0.29) is 17.9 Å². The minimum absolute atomic E-state index is 0.138. The molecule has 7 heteroatoms.